The number of benzene rings is 2. The van der Waals surface area contributed by atoms with Gasteiger partial charge in [0.25, 0.3) is 0 Å². The van der Waals surface area contributed by atoms with Crippen LogP contribution in [-0.4, -0.2) is 166 Å². The number of rotatable bonds is 51. The van der Waals surface area contributed by atoms with E-state index >= 15 is 0 Å². The highest BCUT2D eigenvalue weighted by atomic mass is 35.5. The van der Waals surface area contributed by atoms with E-state index in [-0.39, 0.29) is 87.6 Å². The van der Waals surface area contributed by atoms with Gasteiger partial charge in [0, 0.05) is 101 Å². The number of likely N-dealkylation sites (tertiary alicyclic amines) is 2. The number of carbonyl (C=O) groups is 6. The number of nitrogens with one attached hydrogen (secondary N) is 2. The number of ether oxygens (including phenoxy) is 2. The van der Waals surface area contributed by atoms with E-state index in [1.54, 1.807) is 0 Å². The lowest BCUT2D eigenvalue weighted by Crippen LogP contribution is -2.40. The van der Waals surface area contributed by atoms with Gasteiger partial charge in [-0.25, -0.2) is 9.97 Å². The molecule has 4 aromatic rings. The third kappa shape index (κ3) is 25.0. The maximum Gasteiger partial charge on any atom is 0.305 e. The summed E-state index contributed by atoms with van der Waals surface area (Å²) in [4.78, 5) is 92.8. The summed E-state index contributed by atoms with van der Waals surface area (Å²) < 4.78 is 14.9. The molecule has 6 rings (SSSR count). The summed E-state index contributed by atoms with van der Waals surface area (Å²) in [5.41, 5.74) is 5.82. The molecule has 22 heteroatoms. The van der Waals surface area contributed by atoms with Crippen LogP contribution in [0, 0.1) is 0 Å². The topological polar surface area (TPSA) is 194 Å². The van der Waals surface area contributed by atoms with Crippen molar-refractivity contribution in [3.05, 3.63) is 48.0 Å². The monoisotopic (exact) mass is 1330 g/mol. The molecule has 4 heterocycles. The number of anilines is 2. The van der Waals surface area contributed by atoms with Gasteiger partial charge in [-0.15, -0.1) is 46.4 Å². The number of hydrogen-bond donors (Lipinski definition) is 2. The molecule has 18 nitrogen and oxygen atoms in total. The Hall–Kier alpha value is -4.72. The van der Waals surface area contributed by atoms with Crippen molar-refractivity contribution in [3.63, 3.8) is 0 Å². The molecule has 2 aliphatic rings. The maximum absolute atomic E-state index is 13.0. The minimum Gasteiger partial charge on any atom is -0.464 e. The highest BCUT2D eigenvalue weighted by molar-refractivity contribution is 6.19. The number of imide groups is 2. The number of aromatic nitrogens is 4. The number of hydrogen-bond acceptors (Lipinski definition) is 14. The van der Waals surface area contributed by atoms with E-state index in [0.717, 1.165) is 70.8 Å². The van der Waals surface area contributed by atoms with E-state index in [2.05, 4.69) is 32.6 Å². The van der Waals surface area contributed by atoms with Gasteiger partial charge in [0.1, 0.15) is 24.9 Å². The van der Waals surface area contributed by atoms with Crippen molar-refractivity contribution in [3.8, 4) is 0 Å². The van der Waals surface area contributed by atoms with Crippen LogP contribution in [0.15, 0.2) is 36.4 Å². The Balaban J connectivity index is 0.648. The third-order valence-corrected chi connectivity index (χ3v) is 18.3. The number of unbranched alkanes of at least 4 members (excludes halogenated alkanes) is 21. The molecule has 2 N–H and O–H groups in total. The molecular formula is C68H104Cl4N10O8. The Kier molecular flexibility index (Phi) is 35.1. The van der Waals surface area contributed by atoms with Gasteiger partial charge in [0.15, 0.2) is 0 Å². The number of amides is 4. The van der Waals surface area contributed by atoms with Crippen molar-refractivity contribution in [2.45, 2.75) is 205 Å². The molecule has 4 amide bonds. The third-order valence-electron chi connectivity index (χ3n) is 17.7. The molecule has 502 valence electrons. The molecule has 2 aromatic heterocycles. The van der Waals surface area contributed by atoms with Crippen molar-refractivity contribution in [1.29, 1.82) is 0 Å². The number of fused-ring (bicyclic) bond motifs is 2. The van der Waals surface area contributed by atoms with Gasteiger partial charge in [-0.05, 0) is 75.2 Å². The summed E-state index contributed by atoms with van der Waals surface area (Å²) in [5.74, 6) is 2.14. The van der Waals surface area contributed by atoms with Crippen molar-refractivity contribution in [1.82, 2.24) is 39.5 Å². The lowest BCUT2D eigenvalue weighted by Gasteiger charge is -2.22. The van der Waals surface area contributed by atoms with E-state index in [9.17, 15) is 28.8 Å². The van der Waals surface area contributed by atoms with Crippen LogP contribution < -0.4 is 20.4 Å². The zero-order valence-corrected chi connectivity index (χ0v) is 57.1. The quantitative estimate of drug-likeness (QED) is 0.0183. The molecule has 0 radical (unpaired) electrons. The van der Waals surface area contributed by atoms with Gasteiger partial charge in [0.2, 0.25) is 23.6 Å². The highest BCUT2D eigenvalue weighted by Crippen LogP contribution is 2.26. The minimum atomic E-state index is -0.505. The van der Waals surface area contributed by atoms with E-state index < -0.39 is 12.1 Å². The van der Waals surface area contributed by atoms with Crippen molar-refractivity contribution < 1.29 is 38.2 Å². The first-order chi connectivity index (χ1) is 43.9. The van der Waals surface area contributed by atoms with E-state index in [1.165, 1.54) is 125 Å². The Morgan fingerprint density at radius 2 is 0.789 bits per heavy atom. The fourth-order valence-electron chi connectivity index (χ4n) is 12.4. The van der Waals surface area contributed by atoms with Crippen LogP contribution in [0.1, 0.15) is 191 Å². The second-order valence-corrected chi connectivity index (χ2v) is 25.9. The summed E-state index contributed by atoms with van der Waals surface area (Å²) in [7, 11) is 3.95. The van der Waals surface area contributed by atoms with Gasteiger partial charge in [0.05, 0.1) is 60.1 Å². The van der Waals surface area contributed by atoms with Crippen LogP contribution in [0.2, 0.25) is 0 Å². The van der Waals surface area contributed by atoms with Gasteiger partial charge < -0.3 is 39.0 Å². The molecule has 2 fully saturated rings. The average molecular weight is 1330 g/mol. The second kappa shape index (κ2) is 42.5. The van der Waals surface area contributed by atoms with Crippen LogP contribution in [0.5, 0.6) is 0 Å². The fraction of sp³-hybridized carbons (Fsp3) is 0.706. The zero-order chi connectivity index (χ0) is 64.3. The largest absolute Gasteiger partial charge is 0.464 e. The van der Waals surface area contributed by atoms with E-state index in [0.29, 0.717) is 88.5 Å². The van der Waals surface area contributed by atoms with Crippen molar-refractivity contribution in [2.75, 3.05) is 98.9 Å². The predicted octanol–water partition coefficient (Wildman–Crippen LogP) is 12.5. The zero-order valence-electron chi connectivity index (χ0n) is 54.1. The number of halogens is 4. The van der Waals surface area contributed by atoms with Crippen LogP contribution in [0.3, 0.4) is 0 Å². The normalized spacial score (nSPS) is 15.2. The number of carbonyl (C=O) groups excluding carboxylic acids is 6. The SMILES string of the molecule is Cn1c(CCCC(=O)OCCN2C(=O)CC(NCCCCCCCCCCCCCCCCCCCCCCCCNC3CC(=O)N(CCOC(=O)CCCc4nc5cc(N(CCCl)CCCl)ccc5n4C)C3=O)C2=O)nc2cc(N(CCCl)CCCl)ccc21. The predicted molar refractivity (Wildman–Crippen MR) is 364 cm³/mol. The van der Waals surface area contributed by atoms with Gasteiger partial charge >= 0.3 is 11.9 Å². The van der Waals surface area contributed by atoms with E-state index in [4.69, 9.17) is 65.8 Å². The molecular weight excluding hydrogens is 1230 g/mol. The first-order valence-corrected chi connectivity index (χ1v) is 36.1. The first kappa shape index (κ1) is 74.3. The number of aryl methyl sites for hydroxylation is 4. The lowest BCUT2D eigenvalue weighted by molar-refractivity contribution is -0.148. The molecule has 2 aromatic carbocycles. The van der Waals surface area contributed by atoms with E-state index in [1.807, 2.05) is 47.5 Å². The molecule has 2 saturated heterocycles. The van der Waals surface area contributed by atoms with Crippen molar-refractivity contribution in [2.24, 2.45) is 14.1 Å². The van der Waals surface area contributed by atoms with Gasteiger partial charge in [-0.2, -0.15) is 0 Å². The smallest absolute Gasteiger partial charge is 0.305 e. The van der Waals surface area contributed by atoms with Crippen molar-refractivity contribution >= 4 is 115 Å². The molecule has 0 spiro atoms. The Labute approximate surface area is 555 Å². The average Bonchev–Trinajstić information content (AvgIpc) is 1.94. The van der Waals surface area contributed by atoms with Gasteiger partial charge in [-0.3, -0.25) is 38.6 Å². The molecule has 0 bridgehead atoms. The number of alkyl halides is 4. The molecule has 0 saturated carbocycles. The summed E-state index contributed by atoms with van der Waals surface area (Å²) >= 11 is 24.0. The standard InChI is InChI=1S/C68H104Cl4N10O8/c1-77-59-33-31-53(79(41-35-69)42-36-70)49-55(59)75-61(77)27-25-29-65(85)89-47-45-81-63(83)51-57(67(81)87)73-39-23-21-19-17-15-13-11-9-7-5-3-4-6-8-10-12-14-16-18-20-22-24-40-74-58-52-64(84)82(68(58)88)46-48-90-66(86)30-26-28-62-76-56-50-54(32-34-60(56)78(62)2)80(43-37-71)44-38-72/h31-34,49-50,57-58,73-74H,3-30,35-48,51-52H2,1-2H3. The maximum atomic E-state index is 13.0. The molecule has 2 unspecified atom stereocenters. The lowest BCUT2D eigenvalue weighted by atomic mass is 10.0. The van der Waals surface area contributed by atoms with Crippen LogP contribution in [0.4, 0.5) is 11.4 Å². The molecule has 0 aliphatic carbocycles. The molecule has 2 atom stereocenters. The van der Waals surface area contributed by atoms with Gasteiger partial charge in [-0.1, -0.05) is 128 Å². The summed E-state index contributed by atoms with van der Waals surface area (Å²) in [5, 5.41) is 6.58. The Morgan fingerprint density at radius 1 is 0.478 bits per heavy atom. The fourth-order valence-corrected chi connectivity index (χ4v) is 13.2. The summed E-state index contributed by atoms with van der Waals surface area (Å²) in [6, 6.07) is 11.3. The molecule has 90 heavy (non-hydrogen) atoms. The van der Waals surface area contributed by atoms with Crippen LogP contribution in [-0.2, 0) is 65.2 Å². The Morgan fingerprint density at radius 3 is 1.10 bits per heavy atom. The number of nitrogens with zero attached hydrogens (tertiary/aromatic N) is 8. The molecule has 2 aliphatic heterocycles. The highest BCUT2D eigenvalue weighted by Gasteiger charge is 2.39. The summed E-state index contributed by atoms with van der Waals surface area (Å²) in [6.45, 7) is 4.33. The summed E-state index contributed by atoms with van der Waals surface area (Å²) in [6.07, 6.45) is 30.6. The number of imidazole rings is 2. The Bertz CT molecular complexity index is 2620. The minimum absolute atomic E-state index is 0.00768. The first-order valence-electron chi connectivity index (χ1n) is 34.0. The van der Waals surface area contributed by atoms with Crippen LogP contribution >= 0.6 is 46.4 Å². The van der Waals surface area contributed by atoms with Crippen LogP contribution in [0.25, 0.3) is 22.1 Å². The number of esters is 2. The second-order valence-electron chi connectivity index (χ2n) is 24.4.